The van der Waals surface area contributed by atoms with Gasteiger partial charge in [0.15, 0.2) is 0 Å². The van der Waals surface area contributed by atoms with Crippen molar-refractivity contribution in [2.75, 3.05) is 32.2 Å². The van der Waals surface area contributed by atoms with Crippen molar-refractivity contribution in [3.8, 4) is 5.75 Å². The summed E-state index contributed by atoms with van der Waals surface area (Å²) >= 11 is 0. The van der Waals surface area contributed by atoms with Crippen LogP contribution < -0.4 is 10.1 Å². The van der Waals surface area contributed by atoms with Crippen molar-refractivity contribution < 1.29 is 9.47 Å². The largest absolute Gasteiger partial charge is 0.495 e. The molecule has 0 radical (unpaired) electrons. The molecule has 0 spiro atoms. The summed E-state index contributed by atoms with van der Waals surface area (Å²) in [4.78, 5) is 0. The first-order valence-corrected chi connectivity index (χ1v) is 6.87. The molecule has 1 aromatic rings. The van der Waals surface area contributed by atoms with E-state index < -0.39 is 0 Å². The third kappa shape index (κ3) is 3.51. The van der Waals surface area contributed by atoms with Gasteiger partial charge in [0.1, 0.15) is 5.75 Å². The monoisotopic (exact) mass is 261 g/mol. The first-order chi connectivity index (χ1) is 9.24. The van der Waals surface area contributed by atoms with Crippen LogP contribution in [-0.2, 0) is 4.74 Å². The molecule has 104 valence electrons. The minimum Gasteiger partial charge on any atom is -0.495 e. The van der Waals surface area contributed by atoms with Crippen LogP contribution in [0.15, 0.2) is 18.7 Å². The fourth-order valence-corrected chi connectivity index (χ4v) is 2.48. The van der Waals surface area contributed by atoms with E-state index in [0.717, 1.165) is 49.6 Å². The van der Waals surface area contributed by atoms with Crippen LogP contribution in [-0.4, -0.2) is 26.9 Å². The van der Waals surface area contributed by atoms with Crippen LogP contribution in [0.4, 0.5) is 5.69 Å². The SMILES string of the molecule is C=Cc1cc(C)c(NCC2CCOCC2)c(OC)c1. The number of aryl methyl sites for hydroxylation is 1. The lowest BCUT2D eigenvalue weighted by Gasteiger charge is -2.24. The Kier molecular flexibility index (Phi) is 4.86. The molecule has 3 heteroatoms. The second-order valence-corrected chi connectivity index (χ2v) is 5.06. The van der Waals surface area contributed by atoms with Crippen LogP contribution in [0.1, 0.15) is 24.0 Å². The minimum absolute atomic E-state index is 0.692. The minimum atomic E-state index is 0.692. The maximum absolute atomic E-state index is 5.47. The lowest BCUT2D eigenvalue weighted by Crippen LogP contribution is -2.23. The Labute approximate surface area is 115 Å². The Morgan fingerprint density at radius 1 is 1.42 bits per heavy atom. The molecule has 1 N–H and O–H groups in total. The summed E-state index contributed by atoms with van der Waals surface area (Å²) in [5.74, 6) is 1.58. The molecule has 19 heavy (non-hydrogen) atoms. The van der Waals surface area contributed by atoms with Crippen molar-refractivity contribution in [2.24, 2.45) is 5.92 Å². The van der Waals surface area contributed by atoms with Crippen LogP contribution in [0.3, 0.4) is 0 Å². The van der Waals surface area contributed by atoms with E-state index in [1.54, 1.807) is 7.11 Å². The van der Waals surface area contributed by atoms with Gasteiger partial charge in [-0.3, -0.25) is 0 Å². The van der Waals surface area contributed by atoms with Crippen molar-refractivity contribution in [2.45, 2.75) is 19.8 Å². The first kappa shape index (κ1) is 13.9. The summed E-state index contributed by atoms with van der Waals surface area (Å²) in [6.45, 7) is 8.66. The van der Waals surface area contributed by atoms with Gasteiger partial charge in [0, 0.05) is 19.8 Å². The van der Waals surface area contributed by atoms with Crippen LogP contribution in [0.25, 0.3) is 6.08 Å². The maximum atomic E-state index is 5.47. The predicted molar refractivity (Wildman–Crippen MR) is 79.9 cm³/mol. The van der Waals surface area contributed by atoms with Gasteiger partial charge in [0.25, 0.3) is 0 Å². The Bertz CT molecular complexity index is 437. The molecule has 1 aliphatic heterocycles. The van der Waals surface area contributed by atoms with Crippen LogP contribution in [0.2, 0.25) is 0 Å². The summed E-state index contributed by atoms with van der Waals surface area (Å²) in [6.07, 6.45) is 4.12. The predicted octanol–water partition coefficient (Wildman–Crippen LogP) is 3.49. The third-order valence-electron chi connectivity index (χ3n) is 3.69. The van der Waals surface area contributed by atoms with E-state index in [2.05, 4.69) is 24.9 Å². The smallest absolute Gasteiger partial charge is 0.142 e. The first-order valence-electron chi connectivity index (χ1n) is 6.87. The van der Waals surface area contributed by atoms with Gasteiger partial charge in [0.05, 0.1) is 12.8 Å². The van der Waals surface area contributed by atoms with Gasteiger partial charge in [-0.25, -0.2) is 0 Å². The van der Waals surface area contributed by atoms with E-state index in [-0.39, 0.29) is 0 Å². The highest BCUT2D eigenvalue weighted by Crippen LogP contribution is 2.31. The molecular weight excluding hydrogens is 238 g/mol. The second-order valence-electron chi connectivity index (χ2n) is 5.06. The van der Waals surface area contributed by atoms with Crippen LogP contribution in [0.5, 0.6) is 5.75 Å². The number of benzene rings is 1. The fourth-order valence-electron chi connectivity index (χ4n) is 2.48. The van der Waals surface area contributed by atoms with Gasteiger partial charge in [-0.1, -0.05) is 12.7 Å². The number of hydrogen-bond donors (Lipinski definition) is 1. The summed E-state index contributed by atoms with van der Waals surface area (Å²) in [7, 11) is 1.71. The molecule has 1 heterocycles. The topological polar surface area (TPSA) is 30.5 Å². The fraction of sp³-hybridized carbons (Fsp3) is 0.500. The molecule has 2 rings (SSSR count). The molecule has 3 nitrogen and oxygen atoms in total. The molecule has 1 aromatic carbocycles. The number of rotatable bonds is 5. The average Bonchev–Trinajstić information content (AvgIpc) is 2.46. The van der Waals surface area contributed by atoms with E-state index in [9.17, 15) is 0 Å². The van der Waals surface area contributed by atoms with Crippen molar-refractivity contribution >= 4 is 11.8 Å². The highest BCUT2D eigenvalue weighted by atomic mass is 16.5. The molecule has 0 saturated carbocycles. The molecule has 0 atom stereocenters. The van der Waals surface area contributed by atoms with Crippen LogP contribution in [0, 0.1) is 12.8 Å². The van der Waals surface area contributed by atoms with Gasteiger partial charge in [-0.15, -0.1) is 0 Å². The number of hydrogen-bond acceptors (Lipinski definition) is 3. The molecular formula is C16H23NO2. The van der Waals surface area contributed by atoms with Gasteiger partial charge >= 0.3 is 0 Å². The van der Waals surface area contributed by atoms with Crippen molar-refractivity contribution in [1.29, 1.82) is 0 Å². The van der Waals surface area contributed by atoms with Crippen molar-refractivity contribution in [3.05, 3.63) is 29.8 Å². The van der Waals surface area contributed by atoms with E-state index in [0.29, 0.717) is 5.92 Å². The molecule has 1 fully saturated rings. The number of nitrogens with one attached hydrogen (secondary N) is 1. The van der Waals surface area contributed by atoms with Gasteiger partial charge < -0.3 is 14.8 Å². The van der Waals surface area contributed by atoms with E-state index >= 15 is 0 Å². The van der Waals surface area contributed by atoms with Gasteiger partial charge in [-0.05, 0) is 48.9 Å². The zero-order valence-corrected chi connectivity index (χ0v) is 11.9. The second kappa shape index (κ2) is 6.62. The molecule has 0 bridgehead atoms. The standard InChI is InChI=1S/C16H23NO2/c1-4-13-9-12(2)16(15(10-13)18-3)17-11-14-5-7-19-8-6-14/h4,9-10,14,17H,1,5-8,11H2,2-3H3. The normalized spacial score (nSPS) is 16.1. The molecule has 0 aromatic heterocycles. The van der Waals surface area contributed by atoms with Crippen LogP contribution >= 0.6 is 0 Å². The Hall–Kier alpha value is -1.48. The van der Waals surface area contributed by atoms with E-state index in [4.69, 9.17) is 9.47 Å². The Balaban J connectivity index is 2.07. The molecule has 1 aliphatic rings. The summed E-state index contributed by atoms with van der Waals surface area (Å²) in [6, 6.07) is 4.15. The zero-order chi connectivity index (χ0) is 13.7. The van der Waals surface area contributed by atoms with Gasteiger partial charge in [0.2, 0.25) is 0 Å². The summed E-state index contributed by atoms with van der Waals surface area (Å²) < 4.78 is 10.9. The Morgan fingerprint density at radius 2 is 2.16 bits per heavy atom. The summed E-state index contributed by atoms with van der Waals surface area (Å²) in [5.41, 5.74) is 3.38. The highest BCUT2D eigenvalue weighted by Gasteiger charge is 2.15. The molecule has 0 aliphatic carbocycles. The lowest BCUT2D eigenvalue weighted by molar-refractivity contribution is 0.0699. The number of anilines is 1. The summed E-state index contributed by atoms with van der Waals surface area (Å²) in [5, 5.41) is 3.54. The molecule has 0 amide bonds. The number of methoxy groups -OCH3 is 1. The van der Waals surface area contributed by atoms with Gasteiger partial charge in [-0.2, -0.15) is 0 Å². The third-order valence-corrected chi connectivity index (χ3v) is 3.69. The average molecular weight is 261 g/mol. The Morgan fingerprint density at radius 3 is 2.79 bits per heavy atom. The quantitative estimate of drug-likeness (QED) is 0.880. The zero-order valence-electron chi connectivity index (χ0n) is 11.9. The van der Waals surface area contributed by atoms with E-state index in [1.165, 1.54) is 5.56 Å². The van der Waals surface area contributed by atoms with Crippen molar-refractivity contribution in [3.63, 3.8) is 0 Å². The van der Waals surface area contributed by atoms with E-state index in [1.807, 2.05) is 12.1 Å². The number of ether oxygens (including phenoxy) is 2. The van der Waals surface area contributed by atoms with Crippen molar-refractivity contribution in [1.82, 2.24) is 0 Å². The molecule has 1 saturated heterocycles. The highest BCUT2D eigenvalue weighted by molar-refractivity contribution is 5.67. The maximum Gasteiger partial charge on any atom is 0.142 e. The lowest BCUT2D eigenvalue weighted by atomic mass is 10.00. The molecule has 0 unspecified atom stereocenters.